The molecule has 0 aromatic heterocycles. The lowest BCUT2D eigenvalue weighted by Crippen LogP contribution is -2.16. The molecule has 0 amide bonds. The molecule has 1 aromatic carbocycles. The Morgan fingerprint density at radius 1 is 1.41 bits per heavy atom. The average Bonchev–Trinajstić information content (AvgIpc) is 2.20. The number of sulfonamides is 1. The van der Waals surface area contributed by atoms with Crippen molar-refractivity contribution in [3.8, 4) is 5.75 Å². The predicted molar refractivity (Wildman–Crippen MR) is 62.8 cm³/mol. The summed E-state index contributed by atoms with van der Waals surface area (Å²) in [5.74, 6) is -1.67. The number of anilines is 1. The topological polar surface area (TPSA) is 104 Å². The molecule has 0 aliphatic carbocycles. The maximum Gasteiger partial charge on any atom is 0.335 e. The van der Waals surface area contributed by atoms with Gasteiger partial charge in [-0.05, 0) is 24.6 Å². The molecule has 0 bridgehead atoms. The minimum Gasteiger partial charge on any atom is -0.506 e. The number of carbonyl (C=O) groups is 1. The van der Waals surface area contributed by atoms with Crippen molar-refractivity contribution in [1.82, 2.24) is 0 Å². The zero-order chi connectivity index (χ0) is 13.1. The van der Waals surface area contributed by atoms with E-state index in [1.54, 1.807) is 6.92 Å². The lowest BCUT2D eigenvalue weighted by molar-refractivity contribution is 0.0696. The molecular formula is C10H13NO5S. The van der Waals surface area contributed by atoms with E-state index in [9.17, 15) is 18.3 Å². The van der Waals surface area contributed by atoms with Gasteiger partial charge in [-0.3, -0.25) is 4.72 Å². The number of aromatic hydroxyl groups is 1. The third kappa shape index (κ3) is 3.63. The number of hydrogen-bond donors (Lipinski definition) is 3. The van der Waals surface area contributed by atoms with E-state index in [1.807, 2.05) is 0 Å². The zero-order valence-corrected chi connectivity index (χ0v) is 9.99. The van der Waals surface area contributed by atoms with Gasteiger partial charge < -0.3 is 10.2 Å². The summed E-state index contributed by atoms with van der Waals surface area (Å²) in [5, 5.41) is 18.1. The number of phenols is 1. The number of hydrogen-bond acceptors (Lipinski definition) is 4. The molecule has 0 unspecified atom stereocenters. The maximum atomic E-state index is 11.4. The Morgan fingerprint density at radius 2 is 2.06 bits per heavy atom. The van der Waals surface area contributed by atoms with Gasteiger partial charge in [0.2, 0.25) is 10.0 Å². The van der Waals surface area contributed by atoms with Crippen molar-refractivity contribution >= 4 is 21.7 Å². The largest absolute Gasteiger partial charge is 0.506 e. The van der Waals surface area contributed by atoms with Crippen LogP contribution in [0.15, 0.2) is 18.2 Å². The third-order valence-corrected chi connectivity index (χ3v) is 3.46. The summed E-state index contributed by atoms with van der Waals surface area (Å²) >= 11 is 0. The van der Waals surface area contributed by atoms with Crippen LogP contribution in [-0.4, -0.2) is 30.4 Å². The molecule has 0 aliphatic heterocycles. The second-order valence-corrected chi connectivity index (χ2v) is 5.30. The van der Waals surface area contributed by atoms with E-state index in [1.165, 1.54) is 12.1 Å². The SMILES string of the molecule is CCCS(=O)(=O)Nc1ccc(C(=O)O)cc1O. The molecule has 0 spiro atoms. The van der Waals surface area contributed by atoms with Crippen LogP contribution in [0.25, 0.3) is 0 Å². The van der Waals surface area contributed by atoms with Crippen molar-refractivity contribution in [2.45, 2.75) is 13.3 Å². The molecule has 1 rings (SSSR count). The summed E-state index contributed by atoms with van der Waals surface area (Å²) in [5.41, 5.74) is -0.135. The van der Waals surface area contributed by atoms with Crippen molar-refractivity contribution < 1.29 is 23.4 Å². The van der Waals surface area contributed by atoms with Gasteiger partial charge in [-0.1, -0.05) is 6.92 Å². The molecule has 0 saturated heterocycles. The highest BCUT2D eigenvalue weighted by Crippen LogP contribution is 2.25. The van der Waals surface area contributed by atoms with Crippen LogP contribution in [0.2, 0.25) is 0 Å². The van der Waals surface area contributed by atoms with Crippen molar-refractivity contribution in [2.24, 2.45) is 0 Å². The maximum absolute atomic E-state index is 11.4. The molecule has 17 heavy (non-hydrogen) atoms. The summed E-state index contributed by atoms with van der Waals surface area (Å²) in [6, 6.07) is 3.42. The Hall–Kier alpha value is -1.76. The quantitative estimate of drug-likeness (QED) is 0.690. The highest BCUT2D eigenvalue weighted by Gasteiger charge is 2.13. The van der Waals surface area contributed by atoms with Gasteiger partial charge in [-0.15, -0.1) is 0 Å². The van der Waals surface area contributed by atoms with Crippen molar-refractivity contribution in [3.63, 3.8) is 0 Å². The highest BCUT2D eigenvalue weighted by atomic mass is 32.2. The molecule has 6 nitrogen and oxygen atoms in total. The summed E-state index contributed by atoms with van der Waals surface area (Å²) < 4.78 is 25.0. The lowest BCUT2D eigenvalue weighted by atomic mass is 10.2. The van der Waals surface area contributed by atoms with Gasteiger partial charge >= 0.3 is 5.97 Å². The molecule has 0 aliphatic rings. The second kappa shape index (κ2) is 5.05. The molecule has 0 heterocycles. The fraction of sp³-hybridized carbons (Fsp3) is 0.300. The number of benzene rings is 1. The number of nitrogens with one attached hydrogen (secondary N) is 1. The van der Waals surface area contributed by atoms with Crippen LogP contribution in [0, 0.1) is 0 Å². The summed E-state index contributed by atoms with van der Waals surface area (Å²) in [4.78, 5) is 10.6. The first-order chi connectivity index (χ1) is 7.85. The van der Waals surface area contributed by atoms with Gasteiger partial charge in [-0.25, -0.2) is 13.2 Å². The third-order valence-electron chi connectivity index (χ3n) is 1.98. The zero-order valence-electron chi connectivity index (χ0n) is 9.17. The number of aromatic carboxylic acids is 1. The molecule has 1 aromatic rings. The van der Waals surface area contributed by atoms with E-state index >= 15 is 0 Å². The fourth-order valence-corrected chi connectivity index (χ4v) is 2.39. The molecule has 0 fully saturated rings. The van der Waals surface area contributed by atoms with Crippen LogP contribution >= 0.6 is 0 Å². The minimum atomic E-state index is -3.50. The van der Waals surface area contributed by atoms with Gasteiger partial charge in [0, 0.05) is 0 Å². The fourth-order valence-electron chi connectivity index (χ4n) is 1.24. The summed E-state index contributed by atoms with van der Waals surface area (Å²) in [6.07, 6.45) is 0.448. The molecule has 0 saturated carbocycles. The molecule has 0 atom stereocenters. The number of phenolic OH excluding ortho intramolecular Hbond substituents is 1. The molecule has 3 N–H and O–H groups in total. The molecule has 94 valence electrons. The number of carboxylic acid groups (broad SMARTS) is 1. The van der Waals surface area contributed by atoms with Gasteiger partial charge in [0.1, 0.15) is 5.75 Å². The summed E-state index contributed by atoms with van der Waals surface area (Å²) in [6.45, 7) is 1.71. The Kier molecular flexibility index (Phi) is 3.95. The average molecular weight is 259 g/mol. The van der Waals surface area contributed by atoms with Gasteiger partial charge in [0.25, 0.3) is 0 Å². The monoisotopic (exact) mass is 259 g/mol. The van der Waals surface area contributed by atoms with Crippen LogP contribution in [0.5, 0.6) is 5.75 Å². The Bertz CT molecular complexity index is 523. The standard InChI is InChI=1S/C10H13NO5S/c1-2-5-17(15,16)11-8-4-3-7(10(13)14)6-9(8)12/h3-4,6,11-12H,2,5H2,1H3,(H,13,14). The number of carboxylic acids is 1. The van der Waals surface area contributed by atoms with Crippen LogP contribution < -0.4 is 4.72 Å². The smallest absolute Gasteiger partial charge is 0.335 e. The van der Waals surface area contributed by atoms with Gasteiger partial charge in [-0.2, -0.15) is 0 Å². The Morgan fingerprint density at radius 3 is 2.53 bits per heavy atom. The van der Waals surface area contributed by atoms with E-state index in [4.69, 9.17) is 5.11 Å². The van der Waals surface area contributed by atoms with Gasteiger partial charge in [0.05, 0.1) is 17.0 Å². The Balaban J connectivity index is 2.98. The molecule has 7 heteroatoms. The van der Waals surface area contributed by atoms with E-state index in [-0.39, 0.29) is 17.0 Å². The van der Waals surface area contributed by atoms with Crippen LogP contribution in [0.3, 0.4) is 0 Å². The lowest BCUT2D eigenvalue weighted by Gasteiger charge is -2.09. The highest BCUT2D eigenvalue weighted by molar-refractivity contribution is 7.92. The van der Waals surface area contributed by atoms with Crippen molar-refractivity contribution in [2.75, 3.05) is 10.5 Å². The minimum absolute atomic E-state index is 0.0246. The van der Waals surface area contributed by atoms with Crippen molar-refractivity contribution in [1.29, 1.82) is 0 Å². The van der Waals surface area contributed by atoms with E-state index in [2.05, 4.69) is 4.72 Å². The van der Waals surface area contributed by atoms with Crippen LogP contribution in [-0.2, 0) is 10.0 Å². The van der Waals surface area contributed by atoms with Crippen LogP contribution in [0.4, 0.5) is 5.69 Å². The first-order valence-electron chi connectivity index (χ1n) is 4.92. The second-order valence-electron chi connectivity index (χ2n) is 3.46. The van der Waals surface area contributed by atoms with E-state index in [0.717, 1.165) is 6.07 Å². The first-order valence-corrected chi connectivity index (χ1v) is 6.57. The molecule has 0 radical (unpaired) electrons. The Labute approximate surface area is 99.0 Å². The normalized spacial score (nSPS) is 11.1. The van der Waals surface area contributed by atoms with E-state index < -0.39 is 21.7 Å². The predicted octanol–water partition coefficient (Wildman–Crippen LogP) is 1.24. The van der Waals surface area contributed by atoms with Gasteiger partial charge in [0.15, 0.2) is 0 Å². The number of rotatable bonds is 5. The summed E-state index contributed by atoms with van der Waals surface area (Å²) in [7, 11) is -3.50. The first kappa shape index (κ1) is 13.3. The van der Waals surface area contributed by atoms with E-state index in [0.29, 0.717) is 6.42 Å². The van der Waals surface area contributed by atoms with Crippen molar-refractivity contribution in [3.05, 3.63) is 23.8 Å². The van der Waals surface area contributed by atoms with Crippen LogP contribution in [0.1, 0.15) is 23.7 Å². The molecular weight excluding hydrogens is 246 g/mol.